The van der Waals surface area contributed by atoms with Crippen molar-refractivity contribution in [3.05, 3.63) is 0 Å². The number of nitrogens with one attached hydrogen (secondary N) is 3. The fraction of sp³-hybridized carbons (Fsp3) is 0.625. The van der Waals surface area contributed by atoms with E-state index in [9.17, 15) is 28.8 Å². The van der Waals surface area contributed by atoms with Crippen LogP contribution in [0.15, 0.2) is 0 Å². The van der Waals surface area contributed by atoms with Crippen LogP contribution in [0.4, 0.5) is 0 Å². The van der Waals surface area contributed by atoms with Crippen LogP contribution in [0.25, 0.3) is 0 Å². The molecule has 4 unspecified atom stereocenters. The van der Waals surface area contributed by atoms with Crippen molar-refractivity contribution in [2.45, 2.75) is 50.9 Å². The van der Waals surface area contributed by atoms with Gasteiger partial charge < -0.3 is 37.0 Å². The van der Waals surface area contributed by atoms with E-state index < -0.39 is 78.6 Å². The van der Waals surface area contributed by atoms with Crippen LogP contribution in [-0.4, -0.2) is 80.9 Å². The van der Waals surface area contributed by atoms with Gasteiger partial charge in [-0.2, -0.15) is 12.6 Å². The Hall–Kier alpha value is -2.87. The van der Waals surface area contributed by atoms with E-state index in [2.05, 4.69) is 23.3 Å². The van der Waals surface area contributed by atoms with E-state index in [4.69, 9.17) is 21.1 Å². The minimum absolute atomic E-state index is 0.0942. The third-order valence-electron chi connectivity index (χ3n) is 3.79. The highest BCUT2D eigenvalue weighted by Crippen LogP contribution is 2.05. The van der Waals surface area contributed by atoms with Crippen molar-refractivity contribution < 1.29 is 44.1 Å². The van der Waals surface area contributed by atoms with E-state index in [1.807, 2.05) is 5.32 Å². The minimum Gasteiger partial charge on any atom is -0.481 e. The maximum absolute atomic E-state index is 12.4. The lowest BCUT2D eigenvalue weighted by Gasteiger charge is -2.24. The van der Waals surface area contributed by atoms with Crippen molar-refractivity contribution in [3.8, 4) is 0 Å². The van der Waals surface area contributed by atoms with E-state index in [0.29, 0.717) is 0 Å². The number of nitrogens with two attached hydrogens (primary N) is 1. The molecule has 0 aliphatic heterocycles. The van der Waals surface area contributed by atoms with Crippen LogP contribution in [0.1, 0.15) is 26.7 Å². The van der Waals surface area contributed by atoms with Crippen LogP contribution < -0.4 is 21.7 Å². The van der Waals surface area contributed by atoms with E-state index in [-0.39, 0.29) is 5.75 Å². The number of carbonyl (C=O) groups is 6. The second-order valence-electron chi connectivity index (χ2n) is 6.68. The van der Waals surface area contributed by atoms with Crippen molar-refractivity contribution in [2.75, 3.05) is 5.75 Å². The van der Waals surface area contributed by atoms with Crippen LogP contribution in [0.3, 0.4) is 0 Å². The predicted molar refractivity (Wildman–Crippen MR) is 105 cm³/mol. The number of carboxylic acids is 3. The van der Waals surface area contributed by atoms with Crippen LogP contribution in [0, 0.1) is 5.92 Å². The number of carboxylic acid groups (broad SMARTS) is 3. The van der Waals surface area contributed by atoms with Gasteiger partial charge >= 0.3 is 17.9 Å². The number of rotatable bonds is 13. The molecular weight excluding hydrogens is 424 g/mol. The van der Waals surface area contributed by atoms with Gasteiger partial charge in [0.1, 0.15) is 18.1 Å². The third-order valence-corrected chi connectivity index (χ3v) is 4.18. The molecule has 0 aromatic heterocycles. The summed E-state index contributed by atoms with van der Waals surface area (Å²) in [5.74, 6) is -8.08. The fourth-order valence-electron chi connectivity index (χ4n) is 2.17. The molecule has 0 radical (unpaired) electrons. The minimum atomic E-state index is -1.72. The Labute approximate surface area is 177 Å². The van der Waals surface area contributed by atoms with Gasteiger partial charge in [-0.05, 0) is 5.92 Å². The quantitative estimate of drug-likeness (QED) is 0.136. The Morgan fingerprint density at radius 1 is 0.800 bits per heavy atom. The number of thiol groups is 1. The Bertz CT molecular complexity index is 686. The Morgan fingerprint density at radius 2 is 1.20 bits per heavy atom. The smallest absolute Gasteiger partial charge is 0.326 e. The van der Waals surface area contributed by atoms with Gasteiger partial charge in [0.2, 0.25) is 17.7 Å². The van der Waals surface area contributed by atoms with Crippen LogP contribution in [0.2, 0.25) is 0 Å². The molecule has 13 nitrogen and oxygen atoms in total. The molecule has 0 fully saturated rings. The summed E-state index contributed by atoms with van der Waals surface area (Å²) in [6.45, 7) is 3.01. The lowest BCUT2D eigenvalue weighted by Crippen LogP contribution is -2.58. The average Bonchev–Trinajstić information content (AvgIpc) is 2.62. The standard InChI is InChI=1S/C16H26N4O9S/c1-6(2)12(16(28)29)20-15(27)9(4-11(23)24)19-14(26)8(3-10(21)22)18-13(25)7(17)5-30/h6-9,12,30H,3-5,17H2,1-2H3,(H,18,25)(H,19,26)(H,20,27)(H,21,22)(H,23,24)(H,28,29). The van der Waals surface area contributed by atoms with E-state index in [1.165, 1.54) is 13.8 Å². The number of carbonyl (C=O) groups excluding carboxylic acids is 3. The molecule has 8 N–H and O–H groups in total. The summed E-state index contributed by atoms with van der Waals surface area (Å²) in [6, 6.07) is -5.88. The molecule has 0 heterocycles. The lowest BCUT2D eigenvalue weighted by atomic mass is 10.0. The summed E-state index contributed by atoms with van der Waals surface area (Å²) in [5.41, 5.74) is 5.46. The summed E-state index contributed by atoms with van der Waals surface area (Å²) in [4.78, 5) is 70.0. The zero-order chi connectivity index (χ0) is 23.6. The third kappa shape index (κ3) is 9.56. The van der Waals surface area contributed by atoms with Gasteiger partial charge in [-0.3, -0.25) is 24.0 Å². The van der Waals surface area contributed by atoms with Gasteiger partial charge in [0.15, 0.2) is 0 Å². The van der Waals surface area contributed by atoms with Gasteiger partial charge in [0, 0.05) is 5.75 Å². The molecule has 0 saturated carbocycles. The van der Waals surface area contributed by atoms with Gasteiger partial charge in [-0.25, -0.2) is 4.79 Å². The first-order chi connectivity index (χ1) is 13.8. The molecule has 170 valence electrons. The Kier molecular flexibility index (Phi) is 11.4. The molecule has 14 heteroatoms. The van der Waals surface area contributed by atoms with Crippen molar-refractivity contribution in [1.82, 2.24) is 16.0 Å². The first kappa shape index (κ1) is 27.1. The van der Waals surface area contributed by atoms with Gasteiger partial charge in [0.25, 0.3) is 0 Å². The molecule has 3 amide bonds. The number of amides is 3. The Morgan fingerprint density at radius 3 is 1.53 bits per heavy atom. The van der Waals surface area contributed by atoms with Gasteiger partial charge in [-0.1, -0.05) is 13.8 Å². The number of aliphatic carboxylic acids is 3. The maximum atomic E-state index is 12.4. The van der Waals surface area contributed by atoms with Crippen LogP contribution in [0.5, 0.6) is 0 Å². The molecule has 0 bridgehead atoms. The summed E-state index contributed by atoms with van der Waals surface area (Å²) >= 11 is 3.81. The first-order valence-corrected chi connectivity index (χ1v) is 9.37. The largest absolute Gasteiger partial charge is 0.481 e. The van der Waals surface area contributed by atoms with Gasteiger partial charge in [0.05, 0.1) is 18.9 Å². The average molecular weight is 450 g/mol. The Balaban J connectivity index is 5.51. The highest BCUT2D eigenvalue weighted by molar-refractivity contribution is 7.80. The zero-order valence-corrected chi connectivity index (χ0v) is 17.2. The molecule has 0 spiro atoms. The van der Waals surface area contributed by atoms with Crippen LogP contribution >= 0.6 is 12.6 Å². The van der Waals surface area contributed by atoms with Crippen molar-refractivity contribution in [2.24, 2.45) is 11.7 Å². The first-order valence-electron chi connectivity index (χ1n) is 8.74. The summed E-state index contributed by atoms with van der Waals surface area (Å²) in [7, 11) is 0. The SMILES string of the molecule is CC(C)C(NC(=O)C(CC(=O)O)NC(=O)C(CC(=O)O)NC(=O)C(N)CS)C(=O)O. The van der Waals surface area contributed by atoms with E-state index >= 15 is 0 Å². The molecule has 30 heavy (non-hydrogen) atoms. The highest BCUT2D eigenvalue weighted by atomic mass is 32.1. The second kappa shape index (κ2) is 12.6. The van der Waals surface area contributed by atoms with E-state index in [1.54, 1.807) is 0 Å². The number of hydrogen-bond donors (Lipinski definition) is 8. The molecule has 4 atom stereocenters. The summed E-state index contributed by atoms with van der Waals surface area (Å²) in [6.07, 6.45) is -1.78. The molecular formula is C16H26N4O9S. The topological polar surface area (TPSA) is 225 Å². The van der Waals surface area contributed by atoms with E-state index in [0.717, 1.165) is 0 Å². The molecule has 0 saturated heterocycles. The van der Waals surface area contributed by atoms with Crippen molar-refractivity contribution in [3.63, 3.8) is 0 Å². The predicted octanol–water partition coefficient (Wildman–Crippen LogP) is -2.61. The van der Waals surface area contributed by atoms with Gasteiger partial charge in [-0.15, -0.1) is 0 Å². The molecule has 0 rings (SSSR count). The molecule has 0 aliphatic rings. The second-order valence-corrected chi connectivity index (χ2v) is 7.04. The zero-order valence-electron chi connectivity index (χ0n) is 16.3. The molecule has 0 aromatic carbocycles. The monoisotopic (exact) mass is 450 g/mol. The lowest BCUT2D eigenvalue weighted by molar-refractivity contribution is -0.145. The summed E-state index contributed by atoms with van der Waals surface area (Å²) < 4.78 is 0. The van der Waals surface area contributed by atoms with Crippen molar-refractivity contribution in [1.29, 1.82) is 0 Å². The maximum Gasteiger partial charge on any atom is 0.326 e. The normalized spacial score (nSPS) is 14.7. The van der Waals surface area contributed by atoms with Crippen LogP contribution in [-0.2, 0) is 28.8 Å². The summed E-state index contributed by atoms with van der Waals surface area (Å²) in [5, 5.41) is 33.4. The highest BCUT2D eigenvalue weighted by Gasteiger charge is 2.33. The fourth-order valence-corrected chi connectivity index (χ4v) is 2.34. The molecule has 0 aromatic rings. The molecule has 0 aliphatic carbocycles. The van der Waals surface area contributed by atoms with Crippen molar-refractivity contribution >= 4 is 48.3 Å². The number of hydrogen-bond acceptors (Lipinski definition) is 8.